The molecule has 0 aliphatic rings. The third kappa shape index (κ3) is 3.81. The Labute approximate surface area is 169 Å². The van der Waals surface area contributed by atoms with Crippen molar-refractivity contribution in [1.82, 2.24) is 19.2 Å². The van der Waals surface area contributed by atoms with Gasteiger partial charge in [-0.15, -0.1) is 11.3 Å². The summed E-state index contributed by atoms with van der Waals surface area (Å²) in [7, 11) is 0. The summed E-state index contributed by atoms with van der Waals surface area (Å²) < 4.78 is 3.41. The number of rotatable bonds is 7. The Morgan fingerprint density at radius 1 is 1.18 bits per heavy atom. The zero-order chi connectivity index (χ0) is 20.6. The molecule has 0 radical (unpaired) electrons. The Kier molecular flexibility index (Phi) is 5.84. The average molecular weight is 401 g/mol. The molecule has 3 aromatic rings. The Morgan fingerprint density at radius 2 is 1.89 bits per heavy atom. The monoisotopic (exact) mass is 400 g/mol. The summed E-state index contributed by atoms with van der Waals surface area (Å²) in [6.45, 7) is 12.8. The number of carbonyl (C=O) groups excluding carboxylic acids is 1. The molecule has 0 saturated carbocycles. The molecule has 0 saturated heterocycles. The zero-order valence-corrected chi connectivity index (χ0v) is 18.3. The van der Waals surface area contributed by atoms with Crippen LogP contribution in [0.25, 0.3) is 4.96 Å². The van der Waals surface area contributed by atoms with E-state index in [2.05, 4.69) is 38.7 Å². The van der Waals surface area contributed by atoms with Gasteiger partial charge >= 0.3 is 0 Å². The molecule has 0 N–H and O–H groups in total. The Hall–Kier alpha value is -2.28. The van der Waals surface area contributed by atoms with Crippen LogP contribution in [0, 0.1) is 6.92 Å². The summed E-state index contributed by atoms with van der Waals surface area (Å²) in [6, 6.07) is 3.67. The maximum atomic E-state index is 12.8. The summed E-state index contributed by atoms with van der Waals surface area (Å²) in [5.74, 6) is 0.664. The molecule has 0 aromatic carbocycles. The standard InChI is InChI=1S/C21H28N4O2S/c1-7-8-18(26)20-14(6)28-21-22-15(9-19(27)25(20)21)11-24-17(13(4)5)10-16(23-24)12(2)3/h9-10,12-13H,7-8,11H2,1-6H3. The molecule has 0 fully saturated rings. The molecule has 0 bridgehead atoms. The number of aromatic nitrogens is 4. The van der Waals surface area contributed by atoms with Crippen molar-refractivity contribution in [2.75, 3.05) is 0 Å². The van der Waals surface area contributed by atoms with Crippen LogP contribution in [0.1, 0.15) is 91.7 Å². The van der Waals surface area contributed by atoms with Gasteiger partial charge in [0, 0.05) is 23.1 Å². The molecular formula is C21H28N4O2S. The van der Waals surface area contributed by atoms with Crippen molar-refractivity contribution in [3.63, 3.8) is 0 Å². The van der Waals surface area contributed by atoms with E-state index >= 15 is 0 Å². The molecule has 28 heavy (non-hydrogen) atoms. The van der Waals surface area contributed by atoms with Crippen LogP contribution >= 0.6 is 11.3 Å². The van der Waals surface area contributed by atoms with Gasteiger partial charge in [-0.05, 0) is 31.2 Å². The summed E-state index contributed by atoms with van der Waals surface area (Å²) in [5.41, 5.74) is 3.12. The number of thiazole rings is 1. The highest BCUT2D eigenvalue weighted by Gasteiger charge is 2.20. The number of nitrogens with zero attached hydrogens (tertiary/aromatic N) is 4. The summed E-state index contributed by atoms with van der Waals surface area (Å²) in [5, 5.41) is 4.73. The minimum absolute atomic E-state index is 0.00125. The second kappa shape index (κ2) is 7.99. The normalized spacial score (nSPS) is 11.9. The smallest absolute Gasteiger partial charge is 0.259 e. The first kappa shape index (κ1) is 20.5. The molecular weight excluding hydrogens is 372 g/mol. The highest BCUT2D eigenvalue weighted by molar-refractivity contribution is 7.17. The molecule has 0 atom stereocenters. The van der Waals surface area contributed by atoms with E-state index in [1.807, 2.05) is 18.5 Å². The van der Waals surface area contributed by atoms with E-state index in [1.54, 1.807) is 0 Å². The third-order valence-corrected chi connectivity index (χ3v) is 5.76. The fourth-order valence-electron chi connectivity index (χ4n) is 3.35. The van der Waals surface area contributed by atoms with Gasteiger partial charge in [-0.1, -0.05) is 34.6 Å². The lowest BCUT2D eigenvalue weighted by Crippen LogP contribution is -2.20. The minimum atomic E-state index is -0.203. The predicted octanol–water partition coefficient (Wildman–Crippen LogP) is 4.54. The second-order valence-electron chi connectivity index (χ2n) is 7.84. The number of hydrogen-bond acceptors (Lipinski definition) is 5. The van der Waals surface area contributed by atoms with Crippen molar-refractivity contribution < 1.29 is 4.79 Å². The van der Waals surface area contributed by atoms with E-state index in [9.17, 15) is 9.59 Å². The first-order chi connectivity index (χ1) is 13.2. The molecule has 3 aromatic heterocycles. The SMILES string of the molecule is CCCC(=O)c1c(C)sc2nc(Cn3nc(C(C)C)cc3C(C)C)cc(=O)n12. The van der Waals surface area contributed by atoms with Crippen molar-refractivity contribution in [3.8, 4) is 0 Å². The molecule has 0 unspecified atom stereocenters. The molecule has 3 rings (SSSR count). The maximum absolute atomic E-state index is 12.8. The minimum Gasteiger partial charge on any atom is -0.292 e. The van der Waals surface area contributed by atoms with E-state index in [1.165, 1.54) is 21.8 Å². The summed E-state index contributed by atoms with van der Waals surface area (Å²) in [6.07, 6.45) is 1.19. The number of aryl methyl sites for hydroxylation is 1. The Morgan fingerprint density at radius 3 is 2.50 bits per heavy atom. The van der Waals surface area contributed by atoms with Crippen molar-refractivity contribution in [3.05, 3.63) is 50.1 Å². The fraction of sp³-hybridized carbons (Fsp3) is 0.524. The van der Waals surface area contributed by atoms with Gasteiger partial charge in [0.2, 0.25) is 0 Å². The van der Waals surface area contributed by atoms with E-state index in [0.29, 0.717) is 41.2 Å². The third-order valence-electron chi connectivity index (χ3n) is 4.81. The molecule has 3 heterocycles. The molecule has 7 heteroatoms. The van der Waals surface area contributed by atoms with Gasteiger partial charge in [0.05, 0.1) is 17.9 Å². The number of hydrogen-bond donors (Lipinski definition) is 0. The number of fused-ring (bicyclic) bond motifs is 1. The fourth-order valence-corrected chi connectivity index (χ4v) is 4.36. The van der Waals surface area contributed by atoms with Crippen molar-refractivity contribution in [2.24, 2.45) is 0 Å². The lowest BCUT2D eigenvalue weighted by atomic mass is 10.1. The second-order valence-corrected chi connectivity index (χ2v) is 9.03. The Bertz CT molecular complexity index is 1070. The van der Waals surface area contributed by atoms with Gasteiger partial charge in [0.15, 0.2) is 10.7 Å². The van der Waals surface area contributed by atoms with Gasteiger partial charge in [0.1, 0.15) is 5.69 Å². The highest BCUT2D eigenvalue weighted by atomic mass is 32.1. The van der Waals surface area contributed by atoms with Crippen molar-refractivity contribution >= 4 is 22.1 Å². The lowest BCUT2D eigenvalue weighted by molar-refractivity contribution is 0.0975. The molecule has 0 aliphatic carbocycles. The molecule has 150 valence electrons. The zero-order valence-electron chi connectivity index (χ0n) is 17.4. The van der Waals surface area contributed by atoms with E-state index in [0.717, 1.165) is 22.7 Å². The maximum Gasteiger partial charge on any atom is 0.259 e. The van der Waals surface area contributed by atoms with E-state index in [-0.39, 0.29) is 11.3 Å². The predicted molar refractivity (Wildman–Crippen MR) is 113 cm³/mol. The van der Waals surface area contributed by atoms with Crippen molar-refractivity contribution in [2.45, 2.75) is 72.8 Å². The van der Waals surface area contributed by atoms with Crippen molar-refractivity contribution in [1.29, 1.82) is 0 Å². The van der Waals surface area contributed by atoms with Crippen LogP contribution in [-0.4, -0.2) is 24.9 Å². The largest absolute Gasteiger partial charge is 0.292 e. The van der Waals surface area contributed by atoms with Crippen LogP contribution in [0.15, 0.2) is 16.9 Å². The molecule has 0 spiro atoms. The summed E-state index contributed by atoms with van der Waals surface area (Å²) >= 11 is 1.39. The average Bonchev–Trinajstić information content (AvgIpc) is 3.16. The number of Topliss-reactive ketones (excluding diaryl/α,β-unsaturated/α-hetero) is 1. The quantitative estimate of drug-likeness (QED) is 0.546. The van der Waals surface area contributed by atoms with Crippen LogP contribution in [0.2, 0.25) is 0 Å². The Balaban J connectivity index is 2.05. The van der Waals surface area contributed by atoms with Crippen LogP contribution in [-0.2, 0) is 6.54 Å². The molecule has 6 nitrogen and oxygen atoms in total. The van der Waals surface area contributed by atoms with Gasteiger partial charge in [-0.2, -0.15) is 5.10 Å². The van der Waals surface area contributed by atoms with Crippen LogP contribution in [0.3, 0.4) is 0 Å². The first-order valence-corrected chi connectivity index (χ1v) is 10.7. The molecule has 0 amide bonds. The van der Waals surface area contributed by atoms with Crippen LogP contribution in [0.5, 0.6) is 0 Å². The number of ketones is 1. The van der Waals surface area contributed by atoms with Gasteiger partial charge in [-0.25, -0.2) is 9.38 Å². The van der Waals surface area contributed by atoms with Gasteiger partial charge < -0.3 is 0 Å². The number of carbonyl (C=O) groups is 1. The van der Waals surface area contributed by atoms with Crippen LogP contribution < -0.4 is 5.56 Å². The van der Waals surface area contributed by atoms with Gasteiger partial charge in [-0.3, -0.25) is 14.3 Å². The van der Waals surface area contributed by atoms with E-state index < -0.39 is 0 Å². The highest BCUT2D eigenvalue weighted by Crippen LogP contribution is 2.23. The topological polar surface area (TPSA) is 69.3 Å². The van der Waals surface area contributed by atoms with E-state index in [4.69, 9.17) is 5.10 Å². The lowest BCUT2D eigenvalue weighted by Gasteiger charge is -2.10. The van der Waals surface area contributed by atoms with Crippen LogP contribution in [0.4, 0.5) is 0 Å². The molecule has 0 aliphatic heterocycles. The first-order valence-electron chi connectivity index (χ1n) is 9.85. The van der Waals surface area contributed by atoms with Gasteiger partial charge in [0.25, 0.3) is 5.56 Å². The summed E-state index contributed by atoms with van der Waals surface area (Å²) in [4.78, 5) is 31.4.